The zero-order valence-electron chi connectivity index (χ0n) is 10.6. The van der Waals surface area contributed by atoms with Gasteiger partial charge < -0.3 is 10.1 Å². The molecule has 92 valence electrons. The van der Waals surface area contributed by atoms with Gasteiger partial charge in [-0.2, -0.15) is 0 Å². The standard InChI is InChI=1S/C14H19NOS/c1-14(2,3)16-8-7-15-12-4-5-13-11(10-12)6-9-17-13/h4-6,9-10,15H,7-8H2,1-3H3. The minimum atomic E-state index is -0.0566. The minimum absolute atomic E-state index is 0.0566. The summed E-state index contributed by atoms with van der Waals surface area (Å²) in [7, 11) is 0. The van der Waals surface area contributed by atoms with Gasteiger partial charge in [0.25, 0.3) is 0 Å². The van der Waals surface area contributed by atoms with E-state index in [1.165, 1.54) is 10.1 Å². The van der Waals surface area contributed by atoms with Crippen LogP contribution in [0.5, 0.6) is 0 Å². The average Bonchev–Trinajstić information content (AvgIpc) is 2.70. The monoisotopic (exact) mass is 249 g/mol. The van der Waals surface area contributed by atoms with Gasteiger partial charge in [-0.05, 0) is 55.8 Å². The van der Waals surface area contributed by atoms with Crippen LogP contribution >= 0.6 is 11.3 Å². The Hall–Kier alpha value is -1.06. The maximum Gasteiger partial charge on any atom is 0.0646 e. The summed E-state index contributed by atoms with van der Waals surface area (Å²) in [6.45, 7) is 7.79. The molecule has 0 atom stereocenters. The van der Waals surface area contributed by atoms with Gasteiger partial charge in [0.05, 0.1) is 12.2 Å². The molecule has 0 aliphatic rings. The molecule has 1 aromatic heterocycles. The lowest BCUT2D eigenvalue weighted by Gasteiger charge is -2.19. The molecule has 3 heteroatoms. The van der Waals surface area contributed by atoms with Crippen molar-refractivity contribution >= 4 is 27.1 Å². The fourth-order valence-electron chi connectivity index (χ4n) is 1.63. The molecule has 0 unspecified atom stereocenters. The van der Waals surface area contributed by atoms with Crippen molar-refractivity contribution in [3.8, 4) is 0 Å². The van der Waals surface area contributed by atoms with Crippen molar-refractivity contribution in [2.75, 3.05) is 18.5 Å². The van der Waals surface area contributed by atoms with Crippen LogP contribution in [0.3, 0.4) is 0 Å². The Kier molecular flexibility index (Phi) is 3.69. The third-order valence-corrected chi connectivity index (χ3v) is 3.32. The lowest BCUT2D eigenvalue weighted by Crippen LogP contribution is -2.23. The number of ether oxygens (including phenoxy) is 1. The second kappa shape index (κ2) is 5.07. The van der Waals surface area contributed by atoms with Crippen LogP contribution in [0.4, 0.5) is 5.69 Å². The highest BCUT2D eigenvalue weighted by Crippen LogP contribution is 2.23. The van der Waals surface area contributed by atoms with Gasteiger partial charge in [-0.1, -0.05) is 0 Å². The van der Waals surface area contributed by atoms with Crippen LogP contribution in [-0.4, -0.2) is 18.8 Å². The van der Waals surface area contributed by atoms with Crippen molar-refractivity contribution in [3.63, 3.8) is 0 Å². The Bertz CT molecular complexity index is 484. The zero-order valence-corrected chi connectivity index (χ0v) is 11.4. The number of benzene rings is 1. The van der Waals surface area contributed by atoms with Gasteiger partial charge in [-0.15, -0.1) is 11.3 Å². The highest BCUT2D eigenvalue weighted by Gasteiger charge is 2.08. The molecule has 0 aliphatic heterocycles. The smallest absolute Gasteiger partial charge is 0.0646 e. The summed E-state index contributed by atoms with van der Waals surface area (Å²) in [6.07, 6.45) is 0. The molecule has 0 radical (unpaired) electrons. The number of nitrogens with one attached hydrogen (secondary N) is 1. The summed E-state index contributed by atoms with van der Waals surface area (Å²) in [4.78, 5) is 0. The quantitative estimate of drug-likeness (QED) is 0.823. The molecule has 0 saturated carbocycles. The number of thiophene rings is 1. The van der Waals surface area contributed by atoms with Crippen LogP contribution in [0.15, 0.2) is 29.6 Å². The highest BCUT2D eigenvalue weighted by atomic mass is 32.1. The zero-order chi connectivity index (χ0) is 12.3. The van der Waals surface area contributed by atoms with Crippen LogP contribution < -0.4 is 5.32 Å². The fraction of sp³-hybridized carbons (Fsp3) is 0.429. The first-order valence-corrected chi connectivity index (χ1v) is 6.78. The molecule has 2 aromatic rings. The second-order valence-electron chi connectivity index (χ2n) is 5.06. The summed E-state index contributed by atoms with van der Waals surface area (Å²) >= 11 is 1.78. The number of rotatable bonds is 4. The van der Waals surface area contributed by atoms with E-state index in [0.717, 1.165) is 18.8 Å². The van der Waals surface area contributed by atoms with Crippen LogP contribution in [0.1, 0.15) is 20.8 Å². The Morgan fingerprint density at radius 1 is 1.24 bits per heavy atom. The highest BCUT2D eigenvalue weighted by molar-refractivity contribution is 7.17. The normalized spacial score (nSPS) is 11.9. The Labute approximate surface area is 107 Å². The molecule has 0 bridgehead atoms. The van der Waals surface area contributed by atoms with E-state index in [0.29, 0.717) is 0 Å². The SMILES string of the molecule is CC(C)(C)OCCNc1ccc2sccc2c1. The molecule has 1 aromatic carbocycles. The van der Waals surface area contributed by atoms with E-state index in [9.17, 15) is 0 Å². The van der Waals surface area contributed by atoms with Crippen LogP contribution in [0, 0.1) is 0 Å². The Balaban J connectivity index is 1.86. The molecule has 1 N–H and O–H groups in total. The van der Waals surface area contributed by atoms with Crippen molar-refractivity contribution in [2.45, 2.75) is 26.4 Å². The van der Waals surface area contributed by atoms with Crippen molar-refractivity contribution in [3.05, 3.63) is 29.6 Å². The van der Waals surface area contributed by atoms with Crippen LogP contribution in [0.2, 0.25) is 0 Å². The first-order valence-electron chi connectivity index (χ1n) is 5.90. The maximum atomic E-state index is 5.66. The summed E-state index contributed by atoms with van der Waals surface area (Å²) < 4.78 is 7.00. The first kappa shape index (κ1) is 12.4. The lowest BCUT2D eigenvalue weighted by molar-refractivity contribution is 0.00333. The van der Waals surface area contributed by atoms with Gasteiger partial charge in [-0.3, -0.25) is 0 Å². The van der Waals surface area contributed by atoms with Gasteiger partial charge in [0.15, 0.2) is 0 Å². The molecule has 0 aliphatic carbocycles. The molecule has 1 heterocycles. The van der Waals surface area contributed by atoms with Crippen molar-refractivity contribution < 1.29 is 4.74 Å². The number of anilines is 1. The van der Waals surface area contributed by atoms with Crippen molar-refractivity contribution in [2.24, 2.45) is 0 Å². The molecule has 2 nitrogen and oxygen atoms in total. The predicted molar refractivity (Wildman–Crippen MR) is 76.0 cm³/mol. The third-order valence-electron chi connectivity index (χ3n) is 2.42. The van der Waals surface area contributed by atoms with E-state index in [1.54, 1.807) is 11.3 Å². The number of fused-ring (bicyclic) bond motifs is 1. The molecule has 0 saturated heterocycles. The maximum absolute atomic E-state index is 5.66. The molecule has 0 spiro atoms. The van der Waals surface area contributed by atoms with Gasteiger partial charge in [0, 0.05) is 16.9 Å². The molecule has 0 fully saturated rings. The van der Waals surface area contributed by atoms with E-state index >= 15 is 0 Å². The molecular formula is C14H19NOS. The Morgan fingerprint density at radius 3 is 2.82 bits per heavy atom. The van der Waals surface area contributed by atoms with E-state index in [-0.39, 0.29) is 5.60 Å². The second-order valence-corrected chi connectivity index (χ2v) is 6.01. The average molecular weight is 249 g/mol. The Morgan fingerprint density at radius 2 is 2.06 bits per heavy atom. The van der Waals surface area contributed by atoms with Gasteiger partial charge >= 0.3 is 0 Å². The fourth-order valence-corrected chi connectivity index (χ4v) is 2.40. The van der Waals surface area contributed by atoms with Crippen LogP contribution in [0.25, 0.3) is 10.1 Å². The minimum Gasteiger partial charge on any atom is -0.383 e. The van der Waals surface area contributed by atoms with E-state index < -0.39 is 0 Å². The number of hydrogen-bond acceptors (Lipinski definition) is 3. The number of hydrogen-bond donors (Lipinski definition) is 1. The summed E-state index contributed by atoms with van der Waals surface area (Å²) in [5, 5.41) is 6.80. The molecule has 17 heavy (non-hydrogen) atoms. The summed E-state index contributed by atoms with van der Waals surface area (Å²) in [5.74, 6) is 0. The van der Waals surface area contributed by atoms with Crippen molar-refractivity contribution in [1.29, 1.82) is 0 Å². The van der Waals surface area contributed by atoms with E-state index in [4.69, 9.17) is 4.74 Å². The lowest BCUT2D eigenvalue weighted by atomic mass is 10.2. The van der Waals surface area contributed by atoms with Gasteiger partial charge in [0.1, 0.15) is 0 Å². The van der Waals surface area contributed by atoms with E-state index in [2.05, 4.69) is 55.7 Å². The topological polar surface area (TPSA) is 21.3 Å². The summed E-state index contributed by atoms with van der Waals surface area (Å²) in [6, 6.07) is 8.61. The molecular weight excluding hydrogens is 230 g/mol. The van der Waals surface area contributed by atoms with E-state index in [1.807, 2.05) is 0 Å². The van der Waals surface area contributed by atoms with Gasteiger partial charge in [-0.25, -0.2) is 0 Å². The molecule has 0 amide bonds. The molecule has 2 rings (SSSR count). The predicted octanol–water partition coefficient (Wildman–Crippen LogP) is 4.13. The van der Waals surface area contributed by atoms with Crippen LogP contribution in [-0.2, 0) is 4.74 Å². The van der Waals surface area contributed by atoms with Crippen molar-refractivity contribution in [1.82, 2.24) is 0 Å². The first-order chi connectivity index (χ1) is 8.04. The third kappa shape index (κ3) is 3.72. The largest absolute Gasteiger partial charge is 0.383 e. The van der Waals surface area contributed by atoms with Gasteiger partial charge in [0.2, 0.25) is 0 Å². The summed E-state index contributed by atoms with van der Waals surface area (Å²) in [5.41, 5.74) is 1.10.